The number of hydrogen-bond donors (Lipinski definition) is 1. The van der Waals surface area contributed by atoms with Gasteiger partial charge < -0.3 is 5.32 Å². The topological polar surface area (TPSA) is 116 Å². The fraction of sp³-hybridized carbons (Fsp3) is 0.0800. The summed E-state index contributed by atoms with van der Waals surface area (Å²) in [6.45, 7) is 0. The monoisotopic (exact) mass is 522 g/mol. The van der Waals surface area contributed by atoms with E-state index < -0.39 is 27.8 Å². The lowest BCUT2D eigenvalue weighted by atomic mass is 10.1. The highest BCUT2D eigenvalue weighted by Crippen LogP contribution is 2.42. The van der Waals surface area contributed by atoms with E-state index in [2.05, 4.69) is 5.32 Å². The van der Waals surface area contributed by atoms with Gasteiger partial charge in [-0.1, -0.05) is 35.5 Å². The predicted molar refractivity (Wildman–Crippen MR) is 135 cm³/mol. The van der Waals surface area contributed by atoms with Gasteiger partial charge in [0.25, 0.3) is 11.6 Å². The van der Waals surface area contributed by atoms with Gasteiger partial charge in [0.05, 0.1) is 10.2 Å². The maximum absolute atomic E-state index is 13.6. The summed E-state index contributed by atoms with van der Waals surface area (Å²) in [5, 5.41) is 23.4. The summed E-state index contributed by atoms with van der Waals surface area (Å²) in [7, 11) is 0. The number of anilines is 2. The van der Waals surface area contributed by atoms with E-state index >= 15 is 0 Å². The van der Waals surface area contributed by atoms with Gasteiger partial charge in [0, 0.05) is 28.5 Å². The molecule has 180 valence electrons. The molecule has 0 aromatic heterocycles. The molecule has 0 unspecified atom stereocenters. The number of nitro benzene ring substituents is 1. The van der Waals surface area contributed by atoms with Gasteiger partial charge in [-0.2, -0.15) is 5.26 Å². The first-order valence-electron chi connectivity index (χ1n) is 10.5. The average Bonchev–Trinajstić information content (AvgIpc) is 3.17. The molecule has 0 bridgehead atoms. The van der Waals surface area contributed by atoms with Crippen molar-refractivity contribution in [3.8, 4) is 6.07 Å². The molecule has 1 heterocycles. The van der Waals surface area contributed by atoms with Gasteiger partial charge in [-0.25, -0.2) is 4.39 Å². The standard InChI is InChI=1S/C25H16ClFN4O4S/c26-16-4-8-18(9-5-16)29-23(32)21(14-28)25-30(19-10-6-17(27)7-11-19)24(33)22(36-25)13-15-2-1-3-20(12-15)31(34)35/h1-12,22H,13H2,(H,29,32)/b25-21-/t22-/m0/s1. The number of hydrogen-bond acceptors (Lipinski definition) is 6. The largest absolute Gasteiger partial charge is 0.321 e. The first kappa shape index (κ1) is 24.9. The Kier molecular flexibility index (Phi) is 7.33. The molecule has 1 N–H and O–H groups in total. The molecule has 8 nitrogen and oxygen atoms in total. The molecule has 1 aliphatic rings. The van der Waals surface area contributed by atoms with Crippen molar-refractivity contribution in [1.82, 2.24) is 0 Å². The number of nitriles is 1. The van der Waals surface area contributed by atoms with Gasteiger partial charge in [0.15, 0.2) is 0 Å². The van der Waals surface area contributed by atoms with Crippen molar-refractivity contribution in [2.45, 2.75) is 11.7 Å². The van der Waals surface area contributed by atoms with Gasteiger partial charge >= 0.3 is 0 Å². The number of nitrogens with one attached hydrogen (secondary N) is 1. The van der Waals surface area contributed by atoms with Crippen LogP contribution >= 0.6 is 23.4 Å². The molecule has 0 radical (unpaired) electrons. The molecule has 0 aliphatic carbocycles. The highest BCUT2D eigenvalue weighted by atomic mass is 35.5. The van der Waals surface area contributed by atoms with Crippen LogP contribution in [-0.2, 0) is 16.0 Å². The van der Waals surface area contributed by atoms with E-state index in [9.17, 15) is 29.4 Å². The Balaban J connectivity index is 1.72. The summed E-state index contributed by atoms with van der Waals surface area (Å²) in [6, 6.07) is 19.1. The second-order valence-electron chi connectivity index (χ2n) is 7.64. The quantitative estimate of drug-likeness (QED) is 0.199. The first-order chi connectivity index (χ1) is 17.3. The van der Waals surface area contributed by atoms with Gasteiger partial charge in [-0.3, -0.25) is 24.6 Å². The summed E-state index contributed by atoms with van der Waals surface area (Å²) >= 11 is 6.88. The SMILES string of the molecule is N#C/C(C(=O)Nc1ccc(Cl)cc1)=C1/S[C@@H](Cc2cccc([N+](=O)[O-])c2)C(=O)N1c1ccc(F)cc1. The molecule has 4 rings (SSSR count). The second kappa shape index (κ2) is 10.6. The van der Waals surface area contributed by atoms with Crippen molar-refractivity contribution >= 4 is 52.2 Å². The van der Waals surface area contributed by atoms with Crippen LogP contribution in [0.4, 0.5) is 21.5 Å². The van der Waals surface area contributed by atoms with E-state index in [0.29, 0.717) is 16.3 Å². The number of nitro groups is 1. The van der Waals surface area contributed by atoms with Crippen molar-refractivity contribution in [3.05, 3.63) is 110 Å². The van der Waals surface area contributed by atoms with Crippen LogP contribution in [-0.4, -0.2) is 22.0 Å². The molecular weight excluding hydrogens is 507 g/mol. The summed E-state index contributed by atoms with van der Waals surface area (Å²) < 4.78 is 13.6. The van der Waals surface area contributed by atoms with Crippen molar-refractivity contribution < 1.29 is 18.9 Å². The number of non-ortho nitro benzene ring substituents is 1. The van der Waals surface area contributed by atoms with Crippen LogP contribution in [0.3, 0.4) is 0 Å². The molecule has 1 saturated heterocycles. The molecule has 0 spiro atoms. The van der Waals surface area contributed by atoms with Gasteiger partial charge in [-0.15, -0.1) is 0 Å². The zero-order valence-electron chi connectivity index (χ0n) is 18.4. The molecule has 36 heavy (non-hydrogen) atoms. The summed E-state index contributed by atoms with van der Waals surface area (Å²) in [5.74, 6) is -1.70. The third kappa shape index (κ3) is 5.38. The van der Waals surface area contributed by atoms with Crippen molar-refractivity contribution in [3.63, 3.8) is 0 Å². The summed E-state index contributed by atoms with van der Waals surface area (Å²) in [4.78, 5) is 38.3. The maximum atomic E-state index is 13.6. The van der Waals surface area contributed by atoms with Crippen LogP contribution in [0.5, 0.6) is 0 Å². The molecule has 0 saturated carbocycles. The lowest BCUT2D eigenvalue weighted by molar-refractivity contribution is -0.384. The Morgan fingerprint density at radius 1 is 1.17 bits per heavy atom. The van der Waals surface area contributed by atoms with Gasteiger partial charge in [-0.05, 0) is 60.5 Å². The predicted octanol–water partition coefficient (Wildman–Crippen LogP) is 5.45. The lowest BCUT2D eigenvalue weighted by Gasteiger charge is -2.18. The van der Waals surface area contributed by atoms with E-state index in [1.807, 2.05) is 6.07 Å². The van der Waals surface area contributed by atoms with Crippen molar-refractivity contribution in [1.29, 1.82) is 5.26 Å². The number of carbonyl (C=O) groups excluding carboxylic acids is 2. The highest BCUT2D eigenvalue weighted by molar-refractivity contribution is 8.05. The van der Waals surface area contributed by atoms with Crippen LogP contribution in [0.25, 0.3) is 0 Å². The number of halogens is 2. The first-order valence-corrected chi connectivity index (χ1v) is 11.7. The fourth-order valence-electron chi connectivity index (χ4n) is 3.55. The van der Waals surface area contributed by atoms with Crippen LogP contribution in [0.2, 0.25) is 5.02 Å². The molecule has 1 aliphatic heterocycles. The van der Waals surface area contributed by atoms with Crippen LogP contribution in [0.15, 0.2) is 83.4 Å². The Labute approximate surface area is 214 Å². The van der Waals surface area contributed by atoms with Crippen LogP contribution in [0.1, 0.15) is 5.56 Å². The smallest absolute Gasteiger partial charge is 0.269 e. The van der Waals surface area contributed by atoms with E-state index in [0.717, 1.165) is 11.8 Å². The molecule has 2 amide bonds. The van der Waals surface area contributed by atoms with E-state index in [4.69, 9.17) is 11.6 Å². The van der Waals surface area contributed by atoms with E-state index in [1.165, 1.54) is 47.4 Å². The number of amides is 2. The number of benzene rings is 3. The Morgan fingerprint density at radius 3 is 2.50 bits per heavy atom. The zero-order valence-corrected chi connectivity index (χ0v) is 19.9. The third-order valence-electron chi connectivity index (χ3n) is 5.23. The Hall–Kier alpha value is -4.20. The number of thioether (sulfide) groups is 1. The van der Waals surface area contributed by atoms with E-state index in [-0.39, 0.29) is 28.4 Å². The zero-order chi connectivity index (χ0) is 25.8. The Morgan fingerprint density at radius 2 is 1.86 bits per heavy atom. The second-order valence-corrected chi connectivity index (χ2v) is 9.27. The molecular formula is C25H16ClFN4O4S. The average molecular weight is 523 g/mol. The maximum Gasteiger partial charge on any atom is 0.269 e. The normalized spacial score (nSPS) is 16.4. The minimum atomic E-state index is -0.779. The highest BCUT2D eigenvalue weighted by Gasteiger charge is 2.41. The number of nitrogens with zero attached hydrogens (tertiary/aromatic N) is 3. The number of carbonyl (C=O) groups is 2. The molecule has 11 heteroatoms. The van der Waals surface area contributed by atoms with Crippen molar-refractivity contribution in [2.75, 3.05) is 10.2 Å². The summed E-state index contributed by atoms with van der Waals surface area (Å²) in [6.07, 6.45) is 0.115. The lowest BCUT2D eigenvalue weighted by Crippen LogP contribution is -2.31. The molecule has 1 atom stereocenters. The number of rotatable bonds is 6. The van der Waals surface area contributed by atoms with Crippen LogP contribution in [0, 0.1) is 27.3 Å². The minimum absolute atomic E-state index is 0.0796. The third-order valence-corrected chi connectivity index (χ3v) is 6.75. The molecule has 1 fully saturated rings. The van der Waals surface area contributed by atoms with E-state index in [1.54, 1.807) is 30.3 Å². The van der Waals surface area contributed by atoms with Crippen molar-refractivity contribution in [2.24, 2.45) is 0 Å². The van der Waals surface area contributed by atoms with Gasteiger partial charge in [0.1, 0.15) is 22.5 Å². The fourth-order valence-corrected chi connectivity index (χ4v) is 4.98. The molecule has 3 aromatic rings. The van der Waals surface area contributed by atoms with Gasteiger partial charge in [0.2, 0.25) is 5.91 Å². The summed E-state index contributed by atoms with van der Waals surface area (Å²) in [5.41, 5.74) is 0.786. The Bertz CT molecular complexity index is 1420. The molecule has 3 aromatic carbocycles. The van der Waals surface area contributed by atoms with Crippen LogP contribution < -0.4 is 10.2 Å². The minimum Gasteiger partial charge on any atom is -0.321 e.